The quantitative estimate of drug-likeness (QED) is 0.853. The van der Waals surface area contributed by atoms with E-state index in [0.717, 1.165) is 35.3 Å². The summed E-state index contributed by atoms with van der Waals surface area (Å²) in [6.07, 6.45) is 3.94. The van der Waals surface area contributed by atoms with Crippen LogP contribution in [-0.2, 0) is 4.84 Å². The van der Waals surface area contributed by atoms with Crippen LogP contribution in [0.3, 0.4) is 0 Å². The van der Waals surface area contributed by atoms with E-state index in [1.165, 1.54) is 11.1 Å². The fraction of sp³-hybridized carbons (Fsp3) is 0.318. The molecule has 27 heavy (non-hydrogen) atoms. The van der Waals surface area contributed by atoms with E-state index in [0.29, 0.717) is 6.61 Å². The van der Waals surface area contributed by atoms with E-state index < -0.39 is 5.97 Å². The largest absolute Gasteiger partial charge is 0.488 e. The molecule has 5 heteroatoms. The summed E-state index contributed by atoms with van der Waals surface area (Å²) in [6.45, 7) is 4.73. The molecule has 2 aliphatic rings. The molecule has 0 spiro atoms. The highest BCUT2D eigenvalue weighted by atomic mass is 16.7. The van der Waals surface area contributed by atoms with E-state index >= 15 is 0 Å². The Labute approximate surface area is 158 Å². The number of benzene rings is 2. The Hall–Kier alpha value is -2.63. The Bertz CT molecular complexity index is 893. The van der Waals surface area contributed by atoms with E-state index in [1.54, 1.807) is 12.1 Å². The Kier molecular flexibility index (Phi) is 4.72. The Morgan fingerprint density at radius 1 is 1.07 bits per heavy atom. The van der Waals surface area contributed by atoms with Gasteiger partial charge in [0.2, 0.25) is 0 Å². The molecule has 2 unspecified atom stereocenters. The maximum absolute atomic E-state index is 11.0. The lowest BCUT2D eigenvalue weighted by Gasteiger charge is -2.33. The number of carbonyl (C=O) groups is 1. The molecule has 2 aliphatic heterocycles. The number of hydrogen-bond acceptors (Lipinski definition) is 4. The highest BCUT2D eigenvalue weighted by Crippen LogP contribution is 2.35. The molecule has 4 rings (SSSR count). The number of hydrogen-bond donors (Lipinski definition) is 2. The minimum absolute atomic E-state index is 0.0783. The normalized spacial score (nSPS) is 21.8. The number of aryl methyl sites for hydroxylation is 2. The van der Waals surface area contributed by atoms with Crippen LogP contribution in [-0.4, -0.2) is 23.7 Å². The first-order valence-electron chi connectivity index (χ1n) is 9.21. The number of carboxylic acids is 1. The number of nitrogens with one attached hydrogen (secondary N) is 1. The molecule has 140 valence electrons. The van der Waals surface area contributed by atoms with Crippen LogP contribution in [0.15, 0.2) is 42.0 Å². The van der Waals surface area contributed by atoms with Crippen LogP contribution in [0.4, 0.5) is 0 Å². The van der Waals surface area contributed by atoms with E-state index in [-0.39, 0.29) is 17.7 Å². The number of hydroxylamine groups is 1. The van der Waals surface area contributed by atoms with Gasteiger partial charge in [0, 0.05) is 5.56 Å². The predicted molar refractivity (Wildman–Crippen MR) is 103 cm³/mol. The lowest BCUT2D eigenvalue weighted by molar-refractivity contribution is -0.0759. The lowest BCUT2D eigenvalue weighted by Crippen LogP contribution is -2.39. The zero-order valence-electron chi connectivity index (χ0n) is 15.5. The first kappa shape index (κ1) is 17.8. The fourth-order valence-corrected chi connectivity index (χ4v) is 3.70. The molecule has 0 radical (unpaired) electrons. The second-order valence-electron chi connectivity index (χ2n) is 7.23. The number of aromatic carboxylic acids is 1. The number of carboxylic acid groups (broad SMARTS) is 1. The maximum Gasteiger partial charge on any atom is 0.335 e. The molecule has 0 aromatic heterocycles. The average Bonchev–Trinajstić information content (AvgIpc) is 2.71. The fourth-order valence-electron chi connectivity index (χ4n) is 3.70. The molecule has 0 saturated carbocycles. The topological polar surface area (TPSA) is 67.8 Å². The van der Waals surface area contributed by atoms with Crippen molar-refractivity contribution in [2.75, 3.05) is 6.61 Å². The summed E-state index contributed by atoms with van der Waals surface area (Å²) in [6, 6.07) is 11.2. The van der Waals surface area contributed by atoms with Gasteiger partial charge in [-0.15, -0.1) is 0 Å². The van der Waals surface area contributed by atoms with Gasteiger partial charge >= 0.3 is 5.97 Å². The van der Waals surface area contributed by atoms with Gasteiger partial charge < -0.3 is 9.84 Å². The Morgan fingerprint density at radius 3 is 2.48 bits per heavy atom. The van der Waals surface area contributed by atoms with Gasteiger partial charge in [-0.25, -0.2) is 4.79 Å². The second-order valence-corrected chi connectivity index (χ2v) is 7.23. The molecule has 2 heterocycles. The summed E-state index contributed by atoms with van der Waals surface area (Å²) in [5.41, 5.74) is 9.16. The van der Waals surface area contributed by atoms with Gasteiger partial charge in [-0.1, -0.05) is 24.3 Å². The highest BCUT2D eigenvalue weighted by Gasteiger charge is 2.28. The Morgan fingerprint density at radius 2 is 1.81 bits per heavy atom. The highest BCUT2D eigenvalue weighted by molar-refractivity contribution is 5.87. The summed E-state index contributed by atoms with van der Waals surface area (Å²) in [5, 5.41) is 9.01. The van der Waals surface area contributed by atoms with Crippen LogP contribution >= 0.6 is 0 Å². The van der Waals surface area contributed by atoms with E-state index in [1.807, 2.05) is 12.1 Å². The molecule has 2 aromatic carbocycles. The number of ether oxygens (including phenoxy) is 1. The molecular weight excluding hydrogens is 342 g/mol. The minimum atomic E-state index is -0.917. The van der Waals surface area contributed by atoms with Crippen molar-refractivity contribution in [3.05, 3.63) is 69.8 Å². The second kappa shape index (κ2) is 7.18. The summed E-state index contributed by atoms with van der Waals surface area (Å²) in [4.78, 5) is 16.9. The van der Waals surface area contributed by atoms with Gasteiger partial charge in [0.05, 0.1) is 11.6 Å². The van der Waals surface area contributed by atoms with Crippen molar-refractivity contribution in [2.45, 2.75) is 38.8 Å². The summed E-state index contributed by atoms with van der Waals surface area (Å²) < 4.78 is 6.03. The van der Waals surface area contributed by atoms with Crippen LogP contribution in [0.25, 0.3) is 6.08 Å². The summed E-state index contributed by atoms with van der Waals surface area (Å²) in [7, 11) is 0. The van der Waals surface area contributed by atoms with Crippen LogP contribution in [0.5, 0.6) is 5.75 Å². The Balaban J connectivity index is 1.46. The first-order chi connectivity index (χ1) is 13.0. The number of fused-ring (bicyclic) bond motifs is 1. The SMILES string of the molecule is Cc1ccc(C)c2c1C=C(C1CCC(c3ccc(C(=O)O)cc3)ON1)CO2. The molecule has 0 amide bonds. The standard InChI is InChI=1S/C22H23NO4/c1-13-3-4-14(2)21-18(13)11-17(12-26-21)19-9-10-20(27-23-19)15-5-7-16(8-6-15)22(24)25/h3-8,11,19-20,23H,9-10,12H2,1-2H3,(H,24,25). The number of rotatable bonds is 3. The van der Waals surface area contributed by atoms with E-state index in [9.17, 15) is 4.79 Å². The van der Waals surface area contributed by atoms with E-state index in [2.05, 4.69) is 37.5 Å². The third-order valence-corrected chi connectivity index (χ3v) is 5.37. The maximum atomic E-state index is 11.0. The van der Waals surface area contributed by atoms with Gasteiger partial charge in [-0.05, 0) is 67.2 Å². The third kappa shape index (κ3) is 3.48. The van der Waals surface area contributed by atoms with Gasteiger partial charge in [0.15, 0.2) is 0 Å². The van der Waals surface area contributed by atoms with Gasteiger partial charge in [0.25, 0.3) is 0 Å². The molecule has 2 N–H and O–H groups in total. The molecular formula is C22H23NO4. The molecule has 5 nitrogen and oxygen atoms in total. The predicted octanol–water partition coefficient (Wildman–Crippen LogP) is 4.20. The van der Waals surface area contributed by atoms with Crippen LogP contribution in [0, 0.1) is 13.8 Å². The van der Waals surface area contributed by atoms with Crippen molar-refractivity contribution in [3.8, 4) is 5.75 Å². The molecule has 1 saturated heterocycles. The molecule has 0 bridgehead atoms. The van der Waals surface area contributed by atoms with Gasteiger partial charge in [-0.3, -0.25) is 4.84 Å². The third-order valence-electron chi connectivity index (χ3n) is 5.37. The molecule has 1 fully saturated rings. The monoisotopic (exact) mass is 365 g/mol. The lowest BCUT2D eigenvalue weighted by atomic mass is 9.92. The van der Waals surface area contributed by atoms with Crippen LogP contribution < -0.4 is 10.2 Å². The van der Waals surface area contributed by atoms with Crippen LogP contribution in [0.2, 0.25) is 0 Å². The average molecular weight is 365 g/mol. The summed E-state index contributed by atoms with van der Waals surface area (Å²) in [5.74, 6) is 0.0613. The molecule has 2 aromatic rings. The van der Waals surface area contributed by atoms with Crippen molar-refractivity contribution in [2.24, 2.45) is 0 Å². The molecule has 2 atom stereocenters. The zero-order chi connectivity index (χ0) is 19.0. The molecule has 0 aliphatic carbocycles. The smallest absolute Gasteiger partial charge is 0.335 e. The van der Waals surface area contributed by atoms with Crippen molar-refractivity contribution < 1.29 is 19.5 Å². The van der Waals surface area contributed by atoms with E-state index in [4.69, 9.17) is 14.7 Å². The van der Waals surface area contributed by atoms with Gasteiger partial charge in [-0.2, -0.15) is 5.48 Å². The van der Waals surface area contributed by atoms with Crippen molar-refractivity contribution >= 4 is 12.0 Å². The van der Waals surface area contributed by atoms with Gasteiger partial charge in [0.1, 0.15) is 18.5 Å². The summed E-state index contributed by atoms with van der Waals surface area (Å²) >= 11 is 0. The van der Waals surface area contributed by atoms with Crippen molar-refractivity contribution in [3.63, 3.8) is 0 Å². The zero-order valence-corrected chi connectivity index (χ0v) is 15.5. The first-order valence-corrected chi connectivity index (χ1v) is 9.21. The van der Waals surface area contributed by atoms with Crippen molar-refractivity contribution in [1.82, 2.24) is 5.48 Å². The van der Waals surface area contributed by atoms with Crippen molar-refractivity contribution in [1.29, 1.82) is 0 Å². The minimum Gasteiger partial charge on any atom is -0.488 e. The van der Waals surface area contributed by atoms with Crippen LogP contribution in [0.1, 0.15) is 51.6 Å².